The van der Waals surface area contributed by atoms with Gasteiger partial charge in [0.15, 0.2) is 16.6 Å². The molecule has 0 radical (unpaired) electrons. The second kappa shape index (κ2) is 5.44. The molecular formula is C10H26O2Si2. The summed E-state index contributed by atoms with van der Waals surface area (Å²) in [6.45, 7) is 17.2. The predicted octanol–water partition coefficient (Wildman–Crippen LogP) is 3.33. The van der Waals surface area contributed by atoms with Crippen molar-refractivity contribution < 1.29 is 8.85 Å². The lowest BCUT2D eigenvalue weighted by atomic mass is 10.2. The maximum absolute atomic E-state index is 5.83. The molecule has 0 fully saturated rings. The standard InChI is InChI=1S/C10H26O2Si2/c1-10(8-11-13(2,3)4)9-12-14(5,6)7/h10H,8-9H2,1-7H3. The lowest BCUT2D eigenvalue weighted by Crippen LogP contribution is -2.32. The van der Waals surface area contributed by atoms with Gasteiger partial charge in [-0.05, 0) is 39.3 Å². The average molecular weight is 234 g/mol. The molecule has 0 saturated heterocycles. The van der Waals surface area contributed by atoms with Gasteiger partial charge in [0.25, 0.3) is 0 Å². The highest BCUT2D eigenvalue weighted by molar-refractivity contribution is 6.70. The van der Waals surface area contributed by atoms with Crippen molar-refractivity contribution >= 4 is 16.6 Å². The van der Waals surface area contributed by atoms with Crippen LogP contribution in [0.25, 0.3) is 0 Å². The van der Waals surface area contributed by atoms with E-state index in [9.17, 15) is 0 Å². The van der Waals surface area contributed by atoms with Gasteiger partial charge in [0.1, 0.15) is 0 Å². The van der Waals surface area contributed by atoms with Crippen molar-refractivity contribution in [3.8, 4) is 0 Å². The number of hydrogen-bond donors (Lipinski definition) is 0. The van der Waals surface area contributed by atoms with Crippen molar-refractivity contribution in [2.24, 2.45) is 5.92 Å². The average Bonchev–Trinajstić information content (AvgIpc) is 1.94. The summed E-state index contributed by atoms with van der Waals surface area (Å²) in [6, 6.07) is 0. The molecule has 0 aliphatic heterocycles. The first kappa shape index (κ1) is 14.4. The monoisotopic (exact) mass is 234 g/mol. The molecular weight excluding hydrogens is 208 g/mol. The third-order valence-electron chi connectivity index (χ3n) is 1.60. The van der Waals surface area contributed by atoms with Crippen LogP contribution in [-0.2, 0) is 8.85 Å². The van der Waals surface area contributed by atoms with E-state index in [2.05, 4.69) is 46.2 Å². The molecule has 0 aromatic rings. The third kappa shape index (κ3) is 10.4. The fourth-order valence-corrected chi connectivity index (χ4v) is 2.40. The lowest BCUT2D eigenvalue weighted by molar-refractivity contribution is 0.181. The number of rotatable bonds is 6. The van der Waals surface area contributed by atoms with E-state index in [1.807, 2.05) is 0 Å². The largest absolute Gasteiger partial charge is 0.417 e. The quantitative estimate of drug-likeness (QED) is 0.656. The molecule has 0 aromatic carbocycles. The fraction of sp³-hybridized carbons (Fsp3) is 1.00. The molecule has 0 amide bonds. The van der Waals surface area contributed by atoms with Crippen LogP contribution in [-0.4, -0.2) is 29.8 Å². The zero-order valence-electron chi connectivity index (χ0n) is 10.8. The van der Waals surface area contributed by atoms with Crippen molar-refractivity contribution in [1.82, 2.24) is 0 Å². The molecule has 86 valence electrons. The van der Waals surface area contributed by atoms with Crippen LogP contribution in [0.15, 0.2) is 0 Å². The summed E-state index contributed by atoms with van der Waals surface area (Å²) >= 11 is 0. The SMILES string of the molecule is CC(CO[Si](C)(C)C)CO[Si](C)(C)C. The maximum atomic E-state index is 5.83. The minimum absolute atomic E-state index is 0.522. The van der Waals surface area contributed by atoms with Gasteiger partial charge in [0.05, 0.1) is 0 Å². The molecule has 0 rings (SSSR count). The normalized spacial score (nSPS) is 13.7. The van der Waals surface area contributed by atoms with Crippen LogP contribution < -0.4 is 0 Å². The van der Waals surface area contributed by atoms with Crippen LogP contribution in [0.2, 0.25) is 39.3 Å². The van der Waals surface area contributed by atoms with E-state index in [0.29, 0.717) is 5.92 Å². The van der Waals surface area contributed by atoms with Crippen LogP contribution in [0.4, 0.5) is 0 Å². The Hall–Kier alpha value is 0.354. The van der Waals surface area contributed by atoms with E-state index in [4.69, 9.17) is 8.85 Å². The Kier molecular flexibility index (Phi) is 5.58. The molecule has 2 nitrogen and oxygen atoms in total. The Bertz CT molecular complexity index is 140. The first-order chi connectivity index (χ1) is 6.10. The summed E-state index contributed by atoms with van der Waals surface area (Å²) in [5.41, 5.74) is 0. The molecule has 0 atom stereocenters. The summed E-state index contributed by atoms with van der Waals surface area (Å²) in [5, 5.41) is 0. The molecule has 0 aliphatic rings. The van der Waals surface area contributed by atoms with Crippen LogP contribution in [0.5, 0.6) is 0 Å². The Morgan fingerprint density at radius 3 is 1.29 bits per heavy atom. The molecule has 14 heavy (non-hydrogen) atoms. The maximum Gasteiger partial charge on any atom is 0.183 e. The van der Waals surface area contributed by atoms with Crippen LogP contribution in [0.3, 0.4) is 0 Å². The van der Waals surface area contributed by atoms with Crippen molar-refractivity contribution in [3.05, 3.63) is 0 Å². The summed E-state index contributed by atoms with van der Waals surface area (Å²) in [4.78, 5) is 0. The minimum atomic E-state index is -1.34. The highest BCUT2D eigenvalue weighted by atomic mass is 28.4. The Balaban J connectivity index is 3.62. The summed E-state index contributed by atoms with van der Waals surface area (Å²) < 4.78 is 11.7. The Morgan fingerprint density at radius 1 is 0.786 bits per heavy atom. The highest BCUT2D eigenvalue weighted by Crippen LogP contribution is 2.09. The third-order valence-corrected chi connectivity index (χ3v) is 3.67. The van der Waals surface area contributed by atoms with Gasteiger partial charge in [-0.25, -0.2) is 0 Å². The second-order valence-corrected chi connectivity index (χ2v) is 15.0. The minimum Gasteiger partial charge on any atom is -0.417 e. The first-order valence-electron chi connectivity index (χ1n) is 5.38. The number of hydrogen-bond acceptors (Lipinski definition) is 2. The van der Waals surface area contributed by atoms with E-state index in [1.54, 1.807) is 0 Å². The predicted molar refractivity (Wildman–Crippen MR) is 67.8 cm³/mol. The van der Waals surface area contributed by atoms with Crippen LogP contribution >= 0.6 is 0 Å². The van der Waals surface area contributed by atoms with Crippen LogP contribution in [0.1, 0.15) is 6.92 Å². The molecule has 0 unspecified atom stereocenters. The first-order valence-corrected chi connectivity index (χ1v) is 12.2. The summed E-state index contributed by atoms with van der Waals surface area (Å²) in [7, 11) is -2.68. The van der Waals surface area contributed by atoms with E-state index < -0.39 is 16.6 Å². The van der Waals surface area contributed by atoms with Crippen molar-refractivity contribution in [2.45, 2.75) is 46.2 Å². The molecule has 0 bridgehead atoms. The van der Waals surface area contributed by atoms with Crippen LogP contribution in [0, 0.1) is 5.92 Å². The molecule has 0 heterocycles. The zero-order chi connectivity index (χ0) is 11.4. The Labute approximate surface area is 91.3 Å². The second-order valence-electron chi connectivity index (χ2n) is 5.95. The van der Waals surface area contributed by atoms with E-state index in [0.717, 1.165) is 13.2 Å². The molecule has 0 aromatic heterocycles. The smallest absolute Gasteiger partial charge is 0.183 e. The van der Waals surface area contributed by atoms with Gasteiger partial charge in [-0.3, -0.25) is 0 Å². The highest BCUT2D eigenvalue weighted by Gasteiger charge is 2.18. The zero-order valence-corrected chi connectivity index (χ0v) is 12.8. The molecule has 0 N–H and O–H groups in total. The molecule has 0 saturated carbocycles. The summed E-state index contributed by atoms with van der Waals surface area (Å²) in [5.74, 6) is 0.522. The summed E-state index contributed by atoms with van der Waals surface area (Å²) in [6.07, 6.45) is 0. The van der Waals surface area contributed by atoms with Gasteiger partial charge in [-0.15, -0.1) is 0 Å². The molecule has 0 spiro atoms. The van der Waals surface area contributed by atoms with Gasteiger partial charge < -0.3 is 8.85 Å². The fourth-order valence-electron chi connectivity index (χ4n) is 0.833. The van der Waals surface area contributed by atoms with Gasteiger partial charge in [0.2, 0.25) is 0 Å². The van der Waals surface area contributed by atoms with Gasteiger partial charge >= 0.3 is 0 Å². The van der Waals surface area contributed by atoms with Crippen molar-refractivity contribution in [2.75, 3.05) is 13.2 Å². The molecule has 0 aliphatic carbocycles. The van der Waals surface area contributed by atoms with Gasteiger partial charge in [-0.1, -0.05) is 6.92 Å². The Morgan fingerprint density at radius 2 is 1.07 bits per heavy atom. The van der Waals surface area contributed by atoms with E-state index in [-0.39, 0.29) is 0 Å². The van der Waals surface area contributed by atoms with E-state index in [1.165, 1.54) is 0 Å². The molecule has 4 heteroatoms. The topological polar surface area (TPSA) is 18.5 Å². The lowest BCUT2D eigenvalue weighted by Gasteiger charge is -2.24. The van der Waals surface area contributed by atoms with E-state index >= 15 is 0 Å². The van der Waals surface area contributed by atoms with Gasteiger partial charge in [-0.2, -0.15) is 0 Å². The van der Waals surface area contributed by atoms with Crippen molar-refractivity contribution in [3.63, 3.8) is 0 Å². The van der Waals surface area contributed by atoms with Gasteiger partial charge in [0, 0.05) is 19.1 Å². The van der Waals surface area contributed by atoms with Crippen molar-refractivity contribution in [1.29, 1.82) is 0 Å².